The number of carboxylic acid groups (broad SMARTS) is 1. The third-order valence-corrected chi connectivity index (χ3v) is 2.18. The van der Waals surface area contributed by atoms with Gasteiger partial charge in [-0.05, 0) is 25.8 Å². The molecule has 0 saturated heterocycles. The molecule has 0 bridgehead atoms. The molecule has 1 atom stereocenters. The Bertz CT molecular complexity index is 365. The second kappa shape index (κ2) is 6.59. The number of carboxylic acids is 1. The van der Waals surface area contributed by atoms with Gasteiger partial charge in [-0.15, -0.1) is 0 Å². The lowest BCUT2D eigenvalue weighted by atomic mass is 10.1. The Morgan fingerprint density at radius 1 is 1.53 bits per heavy atom. The molecule has 1 aromatic rings. The van der Waals surface area contributed by atoms with Crippen LogP contribution in [0.3, 0.4) is 0 Å². The van der Waals surface area contributed by atoms with Crippen LogP contribution in [0.1, 0.15) is 29.9 Å². The Kier molecular flexibility index (Phi) is 5.08. The van der Waals surface area contributed by atoms with Crippen molar-refractivity contribution in [2.75, 3.05) is 6.54 Å². The molecule has 1 amide bonds. The molecule has 94 valence electrons. The van der Waals surface area contributed by atoms with Gasteiger partial charge in [-0.25, -0.2) is 9.78 Å². The zero-order valence-electron chi connectivity index (χ0n) is 9.22. The van der Waals surface area contributed by atoms with Crippen LogP contribution in [0.4, 0.5) is 0 Å². The van der Waals surface area contributed by atoms with Crippen LogP contribution in [0.15, 0.2) is 6.33 Å². The molecule has 0 spiro atoms. The summed E-state index contributed by atoms with van der Waals surface area (Å²) >= 11 is 0. The summed E-state index contributed by atoms with van der Waals surface area (Å²) in [5, 5.41) is 17.2. The number of rotatable bonds is 7. The number of H-pyrrole nitrogens is 1. The Hall–Kier alpha value is -1.96. The average Bonchev–Trinajstić information content (AvgIpc) is 2.81. The lowest BCUT2D eigenvalue weighted by molar-refractivity contribution is -0.139. The van der Waals surface area contributed by atoms with E-state index in [0.717, 1.165) is 6.42 Å². The van der Waals surface area contributed by atoms with Crippen molar-refractivity contribution in [2.24, 2.45) is 5.73 Å². The van der Waals surface area contributed by atoms with Crippen molar-refractivity contribution in [3.05, 3.63) is 12.2 Å². The van der Waals surface area contributed by atoms with Crippen molar-refractivity contribution < 1.29 is 14.7 Å². The average molecular weight is 241 g/mol. The van der Waals surface area contributed by atoms with E-state index in [2.05, 4.69) is 20.5 Å². The third-order valence-electron chi connectivity index (χ3n) is 2.18. The molecular formula is C9H15N5O3. The van der Waals surface area contributed by atoms with Crippen LogP contribution in [0.5, 0.6) is 0 Å². The molecule has 17 heavy (non-hydrogen) atoms. The molecule has 1 rings (SSSR count). The van der Waals surface area contributed by atoms with Crippen molar-refractivity contribution in [3.63, 3.8) is 0 Å². The summed E-state index contributed by atoms with van der Waals surface area (Å²) in [6.07, 6.45) is 2.89. The number of aromatic nitrogens is 3. The van der Waals surface area contributed by atoms with E-state index < -0.39 is 17.9 Å². The van der Waals surface area contributed by atoms with Gasteiger partial charge in [0.25, 0.3) is 5.91 Å². The molecule has 0 aliphatic carbocycles. The first-order valence-electron chi connectivity index (χ1n) is 5.24. The largest absolute Gasteiger partial charge is 0.480 e. The van der Waals surface area contributed by atoms with Gasteiger partial charge < -0.3 is 16.2 Å². The Labute approximate surface area is 97.6 Å². The lowest BCUT2D eigenvalue weighted by Gasteiger charge is -2.12. The summed E-state index contributed by atoms with van der Waals surface area (Å²) in [7, 11) is 0. The minimum atomic E-state index is -1.07. The molecule has 5 N–H and O–H groups in total. The number of nitrogens with zero attached hydrogens (tertiary/aromatic N) is 2. The Morgan fingerprint density at radius 2 is 2.29 bits per heavy atom. The molecule has 8 heteroatoms. The highest BCUT2D eigenvalue weighted by Crippen LogP contribution is 2.01. The quantitative estimate of drug-likeness (QED) is 0.458. The number of aromatic amines is 1. The van der Waals surface area contributed by atoms with Crippen LogP contribution in [0.25, 0.3) is 0 Å². The highest BCUT2D eigenvalue weighted by Gasteiger charge is 2.21. The van der Waals surface area contributed by atoms with Crippen LogP contribution in [0, 0.1) is 0 Å². The van der Waals surface area contributed by atoms with Crippen LogP contribution in [0.2, 0.25) is 0 Å². The second-order valence-electron chi connectivity index (χ2n) is 3.48. The summed E-state index contributed by atoms with van der Waals surface area (Å²) in [6.45, 7) is 0.502. The van der Waals surface area contributed by atoms with E-state index in [1.54, 1.807) is 0 Å². The number of amides is 1. The fraction of sp³-hybridized carbons (Fsp3) is 0.556. The molecule has 0 aliphatic rings. The molecule has 1 aromatic heterocycles. The number of nitrogens with one attached hydrogen (secondary N) is 2. The first-order valence-corrected chi connectivity index (χ1v) is 5.24. The maximum Gasteiger partial charge on any atom is 0.326 e. The van der Waals surface area contributed by atoms with E-state index in [0.29, 0.717) is 19.4 Å². The third kappa shape index (κ3) is 4.19. The normalized spacial score (nSPS) is 12.1. The molecule has 0 aromatic carbocycles. The molecule has 0 fully saturated rings. The maximum absolute atomic E-state index is 11.5. The lowest BCUT2D eigenvalue weighted by Crippen LogP contribution is -2.41. The van der Waals surface area contributed by atoms with Crippen molar-refractivity contribution in [3.8, 4) is 0 Å². The van der Waals surface area contributed by atoms with Crippen molar-refractivity contribution in [1.82, 2.24) is 20.5 Å². The van der Waals surface area contributed by atoms with Gasteiger partial charge in [0.15, 0.2) is 0 Å². The van der Waals surface area contributed by atoms with Gasteiger partial charge in [-0.3, -0.25) is 9.89 Å². The van der Waals surface area contributed by atoms with Crippen LogP contribution in [-0.2, 0) is 4.79 Å². The zero-order valence-corrected chi connectivity index (χ0v) is 9.22. The monoisotopic (exact) mass is 241 g/mol. The van der Waals surface area contributed by atoms with Crippen LogP contribution in [-0.4, -0.2) is 44.8 Å². The summed E-state index contributed by atoms with van der Waals surface area (Å²) < 4.78 is 0. The Balaban J connectivity index is 2.49. The highest BCUT2D eigenvalue weighted by molar-refractivity contribution is 5.93. The first kappa shape index (κ1) is 13.1. The van der Waals surface area contributed by atoms with Gasteiger partial charge >= 0.3 is 5.97 Å². The van der Waals surface area contributed by atoms with Crippen molar-refractivity contribution >= 4 is 11.9 Å². The topological polar surface area (TPSA) is 134 Å². The van der Waals surface area contributed by atoms with Gasteiger partial charge in [0.1, 0.15) is 12.4 Å². The summed E-state index contributed by atoms with van der Waals surface area (Å²) in [5.41, 5.74) is 5.31. The predicted octanol–water partition coefficient (Wildman–Crippen LogP) is -0.883. The minimum Gasteiger partial charge on any atom is -0.480 e. The molecule has 1 heterocycles. The number of carbonyl (C=O) groups is 2. The molecule has 0 unspecified atom stereocenters. The molecule has 0 saturated carbocycles. The van der Waals surface area contributed by atoms with E-state index >= 15 is 0 Å². The Morgan fingerprint density at radius 3 is 2.82 bits per heavy atom. The van der Waals surface area contributed by atoms with Crippen molar-refractivity contribution in [1.29, 1.82) is 0 Å². The number of carbonyl (C=O) groups excluding carboxylic acids is 1. The van der Waals surface area contributed by atoms with Gasteiger partial charge in [0, 0.05) is 0 Å². The standard InChI is InChI=1S/C9H15N5O3/c10-4-2-1-3-6(9(16)17)13-8(15)7-11-5-12-14-7/h5-6H,1-4,10H2,(H,13,15)(H,16,17)(H,11,12,14)/t6-/m0/s1. The predicted molar refractivity (Wildman–Crippen MR) is 58.2 cm³/mol. The van der Waals surface area contributed by atoms with Crippen molar-refractivity contribution in [2.45, 2.75) is 25.3 Å². The van der Waals surface area contributed by atoms with E-state index in [-0.39, 0.29) is 5.82 Å². The van der Waals surface area contributed by atoms with Crippen LogP contribution >= 0.6 is 0 Å². The van der Waals surface area contributed by atoms with Crippen LogP contribution < -0.4 is 11.1 Å². The zero-order chi connectivity index (χ0) is 12.7. The summed E-state index contributed by atoms with van der Waals surface area (Å²) in [6, 6.07) is -0.931. The van der Waals surface area contributed by atoms with E-state index in [1.807, 2.05) is 0 Å². The maximum atomic E-state index is 11.5. The summed E-state index contributed by atoms with van der Waals surface area (Å²) in [4.78, 5) is 26.1. The molecular weight excluding hydrogens is 226 g/mol. The van der Waals surface area contributed by atoms with Gasteiger partial charge in [-0.2, -0.15) is 5.10 Å². The van der Waals surface area contributed by atoms with Gasteiger partial charge in [0.2, 0.25) is 5.82 Å². The molecule has 0 radical (unpaired) electrons. The minimum absolute atomic E-state index is 0.00456. The first-order chi connectivity index (χ1) is 8.15. The van der Waals surface area contributed by atoms with Gasteiger partial charge in [0.05, 0.1) is 0 Å². The van der Waals surface area contributed by atoms with E-state index in [4.69, 9.17) is 10.8 Å². The highest BCUT2D eigenvalue weighted by atomic mass is 16.4. The molecule has 0 aliphatic heterocycles. The van der Waals surface area contributed by atoms with E-state index in [1.165, 1.54) is 6.33 Å². The summed E-state index contributed by atoms with van der Waals surface area (Å²) in [5.74, 6) is -1.66. The fourth-order valence-electron chi connectivity index (χ4n) is 1.29. The number of nitrogens with two attached hydrogens (primary N) is 1. The SMILES string of the molecule is NCCCC[C@H](NC(=O)c1ncn[nH]1)C(=O)O. The number of unbranched alkanes of at least 4 members (excludes halogenated alkanes) is 1. The number of hydrogen-bond acceptors (Lipinski definition) is 5. The number of hydrogen-bond donors (Lipinski definition) is 4. The fourth-order valence-corrected chi connectivity index (χ4v) is 1.29. The van der Waals surface area contributed by atoms with E-state index in [9.17, 15) is 9.59 Å². The van der Waals surface area contributed by atoms with Gasteiger partial charge in [-0.1, -0.05) is 0 Å². The second-order valence-corrected chi connectivity index (χ2v) is 3.48. The smallest absolute Gasteiger partial charge is 0.326 e. The molecule has 8 nitrogen and oxygen atoms in total. The number of aliphatic carboxylic acids is 1.